The van der Waals surface area contributed by atoms with Crippen molar-refractivity contribution in [2.45, 2.75) is 31.6 Å². The predicted octanol–water partition coefficient (Wildman–Crippen LogP) is 9.12. The number of benzene rings is 5. The van der Waals surface area contributed by atoms with Crippen molar-refractivity contribution < 1.29 is 4.74 Å². The fourth-order valence-electron chi connectivity index (χ4n) is 6.40. The van der Waals surface area contributed by atoms with E-state index in [1.165, 1.54) is 50.1 Å². The molecule has 1 aliphatic heterocycles. The van der Waals surface area contributed by atoms with Crippen molar-refractivity contribution in [3.63, 3.8) is 0 Å². The molecule has 0 radical (unpaired) electrons. The quantitative estimate of drug-likeness (QED) is 0.253. The summed E-state index contributed by atoms with van der Waals surface area (Å²) in [6.45, 7) is 6.92. The van der Waals surface area contributed by atoms with Gasteiger partial charge in [0.2, 0.25) is 0 Å². The lowest BCUT2D eigenvalue weighted by Gasteiger charge is -2.34. The molecule has 0 aromatic heterocycles. The Kier molecular flexibility index (Phi) is 4.39. The van der Waals surface area contributed by atoms with E-state index in [1.54, 1.807) is 0 Å². The molecule has 1 nitrogen and oxygen atoms in total. The van der Waals surface area contributed by atoms with Crippen LogP contribution in [0, 0.1) is 0 Å². The fourth-order valence-corrected chi connectivity index (χ4v) is 6.40. The van der Waals surface area contributed by atoms with Crippen molar-refractivity contribution >= 4 is 0 Å². The lowest BCUT2D eigenvalue weighted by Crippen LogP contribution is -2.24. The van der Waals surface area contributed by atoms with Gasteiger partial charge < -0.3 is 4.74 Å². The maximum Gasteiger partial charge on any atom is 0.132 e. The van der Waals surface area contributed by atoms with Crippen LogP contribution >= 0.6 is 0 Å². The molecule has 0 spiro atoms. The SMILES string of the molecule is CC1(C)c2ccccc2Oc2cc(-c3ccc4c(c3)-c3ccccc3C4(C)c3ccccc3)ccc21. The molecule has 5 aromatic rings. The maximum absolute atomic E-state index is 6.42. The van der Waals surface area contributed by atoms with Gasteiger partial charge in [0.25, 0.3) is 0 Å². The van der Waals surface area contributed by atoms with Crippen LogP contribution in [0.15, 0.2) is 115 Å². The molecule has 0 bridgehead atoms. The van der Waals surface area contributed by atoms with Crippen LogP contribution in [-0.2, 0) is 10.8 Å². The maximum atomic E-state index is 6.42. The monoisotopic (exact) mass is 464 g/mol. The van der Waals surface area contributed by atoms with E-state index < -0.39 is 0 Å². The van der Waals surface area contributed by atoms with Crippen molar-refractivity contribution in [3.8, 4) is 33.8 Å². The summed E-state index contributed by atoms with van der Waals surface area (Å²) < 4.78 is 6.42. The van der Waals surface area contributed by atoms with Crippen molar-refractivity contribution in [1.29, 1.82) is 0 Å². The third kappa shape index (κ3) is 2.83. The van der Waals surface area contributed by atoms with Crippen LogP contribution in [0.25, 0.3) is 22.3 Å². The van der Waals surface area contributed by atoms with Gasteiger partial charge >= 0.3 is 0 Å². The normalized spacial score (nSPS) is 18.4. The van der Waals surface area contributed by atoms with Crippen molar-refractivity contribution in [3.05, 3.63) is 143 Å². The van der Waals surface area contributed by atoms with Gasteiger partial charge in [0, 0.05) is 22.0 Å². The molecule has 0 amide bonds. The summed E-state index contributed by atoms with van der Waals surface area (Å²) in [6, 6.07) is 41.8. The minimum absolute atomic E-state index is 0.100. The van der Waals surface area contributed by atoms with E-state index in [0.29, 0.717) is 0 Å². The molecule has 0 saturated carbocycles. The molecule has 1 aliphatic carbocycles. The minimum Gasteiger partial charge on any atom is -0.457 e. The topological polar surface area (TPSA) is 9.23 Å². The molecule has 0 N–H and O–H groups in total. The van der Waals surface area contributed by atoms with Gasteiger partial charge in [-0.2, -0.15) is 0 Å². The first kappa shape index (κ1) is 21.2. The minimum atomic E-state index is -0.168. The highest BCUT2D eigenvalue weighted by Gasteiger charge is 2.40. The zero-order valence-corrected chi connectivity index (χ0v) is 20.9. The third-order valence-electron chi connectivity index (χ3n) is 8.43. The van der Waals surface area contributed by atoms with E-state index in [2.05, 4.69) is 130 Å². The Morgan fingerprint density at radius 2 is 1.06 bits per heavy atom. The molecule has 2 aliphatic rings. The highest BCUT2D eigenvalue weighted by Crippen LogP contribution is 2.53. The van der Waals surface area contributed by atoms with Gasteiger partial charge in [0.15, 0.2) is 0 Å². The molecule has 1 heterocycles. The van der Waals surface area contributed by atoms with E-state index in [4.69, 9.17) is 4.74 Å². The van der Waals surface area contributed by atoms with Crippen molar-refractivity contribution in [2.75, 3.05) is 0 Å². The van der Waals surface area contributed by atoms with Gasteiger partial charge in [-0.3, -0.25) is 0 Å². The summed E-state index contributed by atoms with van der Waals surface area (Å²) in [5.41, 5.74) is 11.3. The molecule has 174 valence electrons. The summed E-state index contributed by atoms with van der Waals surface area (Å²) in [7, 11) is 0. The van der Waals surface area contributed by atoms with Gasteiger partial charge in [-0.05, 0) is 64.1 Å². The summed E-state index contributed by atoms with van der Waals surface area (Å²) in [4.78, 5) is 0. The number of hydrogen-bond acceptors (Lipinski definition) is 1. The van der Waals surface area contributed by atoms with Crippen molar-refractivity contribution in [1.82, 2.24) is 0 Å². The zero-order valence-electron chi connectivity index (χ0n) is 20.9. The van der Waals surface area contributed by atoms with Crippen LogP contribution in [0.2, 0.25) is 0 Å². The highest BCUT2D eigenvalue weighted by atomic mass is 16.5. The zero-order chi connectivity index (χ0) is 24.5. The summed E-state index contributed by atoms with van der Waals surface area (Å²) in [5.74, 6) is 1.90. The second kappa shape index (κ2) is 7.45. The number of ether oxygens (including phenoxy) is 1. The Bertz CT molecular complexity index is 1640. The average Bonchev–Trinajstić information content (AvgIpc) is 3.18. The lowest BCUT2D eigenvalue weighted by molar-refractivity contribution is 0.418. The van der Waals surface area contributed by atoms with E-state index in [9.17, 15) is 0 Å². The second-order valence-corrected chi connectivity index (χ2v) is 10.7. The average molecular weight is 465 g/mol. The third-order valence-corrected chi connectivity index (χ3v) is 8.43. The van der Waals surface area contributed by atoms with Gasteiger partial charge in [0.05, 0.1) is 0 Å². The first-order valence-corrected chi connectivity index (χ1v) is 12.7. The van der Waals surface area contributed by atoms with E-state index >= 15 is 0 Å². The molecule has 0 saturated heterocycles. The Labute approximate surface area is 213 Å². The van der Waals surface area contributed by atoms with Crippen LogP contribution in [-0.4, -0.2) is 0 Å². The molecule has 1 unspecified atom stereocenters. The largest absolute Gasteiger partial charge is 0.457 e. The number of hydrogen-bond donors (Lipinski definition) is 0. The van der Waals surface area contributed by atoms with Gasteiger partial charge in [0.1, 0.15) is 11.5 Å². The first-order valence-electron chi connectivity index (χ1n) is 12.7. The summed E-state index contributed by atoms with van der Waals surface area (Å²) >= 11 is 0. The van der Waals surface area contributed by atoms with Crippen molar-refractivity contribution in [2.24, 2.45) is 0 Å². The summed E-state index contributed by atoms with van der Waals surface area (Å²) in [6.07, 6.45) is 0. The van der Waals surface area contributed by atoms with E-state index in [1.807, 2.05) is 6.07 Å². The Balaban J connectivity index is 1.37. The van der Waals surface area contributed by atoms with Gasteiger partial charge in [-0.15, -0.1) is 0 Å². The molecular weight excluding hydrogens is 436 g/mol. The van der Waals surface area contributed by atoms with Crippen LogP contribution < -0.4 is 4.74 Å². The van der Waals surface area contributed by atoms with Gasteiger partial charge in [-0.25, -0.2) is 0 Å². The number of rotatable bonds is 2. The molecule has 1 atom stereocenters. The molecule has 5 aromatic carbocycles. The molecule has 0 fully saturated rings. The van der Waals surface area contributed by atoms with Crippen LogP contribution in [0.3, 0.4) is 0 Å². The van der Waals surface area contributed by atoms with E-state index in [0.717, 1.165) is 11.5 Å². The number of fused-ring (bicyclic) bond motifs is 5. The van der Waals surface area contributed by atoms with E-state index in [-0.39, 0.29) is 10.8 Å². The molecular formula is C35H28O. The second-order valence-electron chi connectivity index (χ2n) is 10.7. The lowest BCUT2D eigenvalue weighted by atomic mass is 9.74. The molecule has 7 rings (SSSR count). The Morgan fingerprint density at radius 1 is 0.472 bits per heavy atom. The molecule has 36 heavy (non-hydrogen) atoms. The Morgan fingerprint density at radius 3 is 1.86 bits per heavy atom. The Hall–Kier alpha value is -4.10. The molecule has 1 heteroatoms. The number of para-hydroxylation sites is 1. The highest BCUT2D eigenvalue weighted by molar-refractivity contribution is 5.86. The van der Waals surface area contributed by atoms with Crippen LogP contribution in [0.4, 0.5) is 0 Å². The first-order chi connectivity index (χ1) is 17.5. The van der Waals surface area contributed by atoms with Crippen LogP contribution in [0.1, 0.15) is 48.6 Å². The predicted molar refractivity (Wildman–Crippen MR) is 148 cm³/mol. The standard InChI is InChI=1S/C35H28O/c1-34(2)30-15-9-10-16-32(30)36-33-22-24(18-20-31(33)34)23-17-19-29-27(21-23)26-13-7-8-14-28(26)35(29,3)25-11-5-4-6-12-25/h4-22H,1-3H3. The fraction of sp³-hybridized carbons (Fsp3) is 0.143. The smallest absolute Gasteiger partial charge is 0.132 e. The van der Waals surface area contributed by atoms with Gasteiger partial charge in [-0.1, -0.05) is 111 Å². The summed E-state index contributed by atoms with van der Waals surface area (Å²) in [5, 5.41) is 0. The van der Waals surface area contributed by atoms with Crippen LogP contribution in [0.5, 0.6) is 11.5 Å².